The second-order valence-electron chi connectivity index (χ2n) is 4.02. The van der Waals surface area contributed by atoms with Crippen molar-refractivity contribution in [2.75, 3.05) is 44.6 Å². The molecule has 16 heavy (non-hydrogen) atoms. The Kier molecular flexibility index (Phi) is 4.56. The van der Waals surface area contributed by atoms with E-state index in [1.807, 2.05) is 0 Å². The second-order valence-corrected chi connectivity index (χ2v) is 4.87. The predicted molar refractivity (Wildman–Crippen MR) is 69.3 cm³/mol. The molecular weight excluding hydrogens is 220 g/mol. The molecule has 1 aliphatic rings. The number of anilines is 1. The summed E-state index contributed by atoms with van der Waals surface area (Å²) in [6.45, 7) is 8.83. The molecule has 0 bridgehead atoms. The molecule has 0 atom stereocenters. The quantitative estimate of drug-likeness (QED) is 0.806. The van der Waals surface area contributed by atoms with Crippen molar-refractivity contribution >= 4 is 16.5 Å². The fourth-order valence-electron chi connectivity index (χ4n) is 1.81. The number of rotatable bonds is 5. The van der Waals surface area contributed by atoms with Gasteiger partial charge in [0.1, 0.15) is 0 Å². The molecule has 90 valence electrons. The monoisotopic (exact) mass is 240 g/mol. The maximum atomic E-state index is 4.49. The van der Waals surface area contributed by atoms with Gasteiger partial charge in [-0.05, 0) is 6.42 Å². The van der Waals surface area contributed by atoms with E-state index < -0.39 is 0 Å². The molecule has 2 rings (SSSR count). The molecule has 1 aliphatic heterocycles. The molecule has 0 spiro atoms. The standard InChI is InChI=1S/C11H20N4S/c1-2-10-9-16-11(14-10)13-5-8-15-6-3-12-4-7-15/h9,12H,2-8H2,1H3,(H,13,14). The smallest absolute Gasteiger partial charge is 0.182 e. The highest BCUT2D eigenvalue weighted by atomic mass is 32.1. The van der Waals surface area contributed by atoms with Gasteiger partial charge in [-0.15, -0.1) is 11.3 Å². The van der Waals surface area contributed by atoms with Crippen LogP contribution in [-0.2, 0) is 6.42 Å². The van der Waals surface area contributed by atoms with Gasteiger partial charge in [0.05, 0.1) is 5.69 Å². The molecule has 0 aromatic carbocycles. The van der Waals surface area contributed by atoms with Crippen LogP contribution in [0.4, 0.5) is 5.13 Å². The third-order valence-corrected chi connectivity index (χ3v) is 3.68. The highest BCUT2D eigenvalue weighted by molar-refractivity contribution is 7.13. The summed E-state index contributed by atoms with van der Waals surface area (Å²) in [5.41, 5.74) is 1.19. The van der Waals surface area contributed by atoms with Crippen molar-refractivity contribution in [1.82, 2.24) is 15.2 Å². The van der Waals surface area contributed by atoms with E-state index in [0.29, 0.717) is 0 Å². The van der Waals surface area contributed by atoms with E-state index in [-0.39, 0.29) is 0 Å². The van der Waals surface area contributed by atoms with Gasteiger partial charge in [0, 0.05) is 44.6 Å². The van der Waals surface area contributed by atoms with Crippen LogP contribution in [0.5, 0.6) is 0 Å². The third-order valence-electron chi connectivity index (χ3n) is 2.83. The average molecular weight is 240 g/mol. The normalized spacial score (nSPS) is 17.6. The Hall–Kier alpha value is -0.650. The summed E-state index contributed by atoms with van der Waals surface area (Å²) < 4.78 is 0. The number of aryl methyl sites for hydroxylation is 1. The molecule has 1 fully saturated rings. The van der Waals surface area contributed by atoms with Gasteiger partial charge >= 0.3 is 0 Å². The lowest BCUT2D eigenvalue weighted by Gasteiger charge is -2.26. The Bertz CT molecular complexity index is 307. The first-order chi connectivity index (χ1) is 7.88. The van der Waals surface area contributed by atoms with Crippen molar-refractivity contribution in [3.8, 4) is 0 Å². The highest BCUT2D eigenvalue weighted by Gasteiger charge is 2.08. The van der Waals surface area contributed by atoms with Crippen LogP contribution >= 0.6 is 11.3 Å². The van der Waals surface area contributed by atoms with Crippen LogP contribution in [0.1, 0.15) is 12.6 Å². The number of piperazine rings is 1. The van der Waals surface area contributed by atoms with Crippen molar-refractivity contribution in [3.05, 3.63) is 11.1 Å². The molecule has 5 heteroatoms. The van der Waals surface area contributed by atoms with E-state index in [4.69, 9.17) is 0 Å². The van der Waals surface area contributed by atoms with Gasteiger partial charge in [0.25, 0.3) is 0 Å². The van der Waals surface area contributed by atoms with Crippen molar-refractivity contribution < 1.29 is 0 Å². The molecule has 2 N–H and O–H groups in total. The third kappa shape index (κ3) is 3.43. The Balaban J connectivity index is 1.66. The van der Waals surface area contributed by atoms with Gasteiger partial charge in [-0.1, -0.05) is 6.92 Å². The van der Waals surface area contributed by atoms with Gasteiger partial charge in [-0.3, -0.25) is 4.90 Å². The van der Waals surface area contributed by atoms with Crippen LogP contribution in [0.3, 0.4) is 0 Å². The molecule has 1 saturated heterocycles. The topological polar surface area (TPSA) is 40.2 Å². The van der Waals surface area contributed by atoms with Crippen LogP contribution in [0, 0.1) is 0 Å². The molecule has 1 aromatic rings. The maximum absolute atomic E-state index is 4.49. The summed E-state index contributed by atoms with van der Waals surface area (Å²) in [5.74, 6) is 0. The first-order valence-electron chi connectivity index (χ1n) is 6.00. The van der Waals surface area contributed by atoms with E-state index in [0.717, 1.165) is 37.7 Å². The Morgan fingerprint density at radius 2 is 2.31 bits per heavy atom. The summed E-state index contributed by atoms with van der Waals surface area (Å²) in [6.07, 6.45) is 1.02. The molecule has 2 heterocycles. The summed E-state index contributed by atoms with van der Waals surface area (Å²) in [4.78, 5) is 6.97. The largest absolute Gasteiger partial charge is 0.360 e. The first kappa shape index (κ1) is 11.8. The van der Waals surface area contributed by atoms with Gasteiger partial charge < -0.3 is 10.6 Å². The van der Waals surface area contributed by atoms with Crippen molar-refractivity contribution in [2.45, 2.75) is 13.3 Å². The molecule has 0 amide bonds. The number of aromatic nitrogens is 1. The fraction of sp³-hybridized carbons (Fsp3) is 0.727. The van der Waals surface area contributed by atoms with Gasteiger partial charge in [-0.2, -0.15) is 0 Å². The number of nitrogens with zero attached hydrogens (tertiary/aromatic N) is 2. The lowest BCUT2D eigenvalue weighted by Crippen LogP contribution is -2.45. The van der Waals surface area contributed by atoms with Crippen LogP contribution in [0.15, 0.2) is 5.38 Å². The van der Waals surface area contributed by atoms with Crippen molar-refractivity contribution in [1.29, 1.82) is 0 Å². The highest BCUT2D eigenvalue weighted by Crippen LogP contribution is 2.15. The minimum Gasteiger partial charge on any atom is -0.360 e. The summed E-state index contributed by atoms with van der Waals surface area (Å²) >= 11 is 1.71. The zero-order chi connectivity index (χ0) is 11.2. The fourth-order valence-corrected chi connectivity index (χ4v) is 2.63. The molecular formula is C11H20N4S. The number of nitrogens with one attached hydrogen (secondary N) is 2. The lowest BCUT2D eigenvalue weighted by molar-refractivity contribution is 0.249. The Morgan fingerprint density at radius 3 is 3.00 bits per heavy atom. The van der Waals surface area contributed by atoms with E-state index in [1.165, 1.54) is 18.8 Å². The van der Waals surface area contributed by atoms with Gasteiger partial charge in [-0.25, -0.2) is 4.98 Å². The van der Waals surface area contributed by atoms with E-state index >= 15 is 0 Å². The second kappa shape index (κ2) is 6.18. The zero-order valence-corrected chi connectivity index (χ0v) is 10.6. The molecule has 0 saturated carbocycles. The number of hydrogen-bond acceptors (Lipinski definition) is 5. The van der Waals surface area contributed by atoms with Crippen LogP contribution in [-0.4, -0.2) is 49.2 Å². The Labute approximate surface area is 101 Å². The lowest BCUT2D eigenvalue weighted by atomic mass is 10.3. The van der Waals surface area contributed by atoms with Crippen LogP contribution in [0.25, 0.3) is 0 Å². The van der Waals surface area contributed by atoms with Crippen molar-refractivity contribution in [3.63, 3.8) is 0 Å². The molecule has 1 aromatic heterocycles. The zero-order valence-electron chi connectivity index (χ0n) is 9.83. The van der Waals surface area contributed by atoms with Crippen molar-refractivity contribution in [2.24, 2.45) is 0 Å². The molecule has 4 nitrogen and oxygen atoms in total. The van der Waals surface area contributed by atoms with E-state index in [2.05, 4.69) is 32.8 Å². The number of thiazole rings is 1. The number of hydrogen-bond donors (Lipinski definition) is 2. The summed E-state index contributed by atoms with van der Waals surface area (Å²) in [7, 11) is 0. The first-order valence-corrected chi connectivity index (χ1v) is 6.88. The average Bonchev–Trinajstić information content (AvgIpc) is 2.78. The SMILES string of the molecule is CCc1csc(NCCN2CCNCC2)n1. The van der Waals surface area contributed by atoms with Crippen LogP contribution < -0.4 is 10.6 Å². The summed E-state index contributed by atoms with van der Waals surface area (Å²) in [5, 5.41) is 9.95. The minimum absolute atomic E-state index is 0.997. The predicted octanol–water partition coefficient (Wildman–Crippen LogP) is 1.02. The molecule has 0 aliphatic carbocycles. The molecule has 0 unspecified atom stereocenters. The van der Waals surface area contributed by atoms with E-state index in [1.54, 1.807) is 11.3 Å². The Morgan fingerprint density at radius 1 is 1.50 bits per heavy atom. The van der Waals surface area contributed by atoms with Crippen LogP contribution in [0.2, 0.25) is 0 Å². The summed E-state index contributed by atoms with van der Waals surface area (Å²) in [6, 6.07) is 0. The van der Waals surface area contributed by atoms with Gasteiger partial charge in [0.15, 0.2) is 5.13 Å². The maximum Gasteiger partial charge on any atom is 0.182 e. The van der Waals surface area contributed by atoms with Gasteiger partial charge in [0.2, 0.25) is 0 Å². The molecule has 0 radical (unpaired) electrons. The van der Waals surface area contributed by atoms with E-state index in [9.17, 15) is 0 Å². The minimum atomic E-state index is 0.997.